The van der Waals surface area contributed by atoms with Crippen LogP contribution in [0.5, 0.6) is 0 Å². The highest BCUT2D eigenvalue weighted by Gasteiger charge is 2.41. The number of unbranched alkanes of at least 4 members (excludes halogenated alkanes) is 13. The van der Waals surface area contributed by atoms with Crippen molar-refractivity contribution < 1.29 is 150 Å². The fourth-order valence-electron chi connectivity index (χ4n) is 10.5. The number of hydrogen-bond donors (Lipinski definition) is 18. The van der Waals surface area contributed by atoms with E-state index in [0.717, 1.165) is 64.9 Å². The third-order valence-electron chi connectivity index (χ3n) is 17.3. The zero-order valence-electron chi connectivity index (χ0n) is 67.5. The first-order valence-corrected chi connectivity index (χ1v) is 39.3. The van der Waals surface area contributed by atoms with Gasteiger partial charge in [0.05, 0.1) is 54.8 Å². The first-order chi connectivity index (χ1) is 55.3. The van der Waals surface area contributed by atoms with Gasteiger partial charge in [0, 0.05) is 19.6 Å². The minimum absolute atomic E-state index is 0.0716. The lowest BCUT2D eigenvalue weighted by Gasteiger charge is -2.29. The van der Waals surface area contributed by atoms with Crippen molar-refractivity contribution >= 4 is 119 Å². The van der Waals surface area contributed by atoms with Gasteiger partial charge >= 0.3 is 54.1 Å². The minimum Gasteiger partial charge on any atom is -0.481 e. The summed E-state index contributed by atoms with van der Waals surface area (Å²) in [6.07, 6.45) is -2.61. The second-order valence-corrected chi connectivity index (χ2v) is 28.5. The van der Waals surface area contributed by atoms with E-state index in [9.17, 15) is 117 Å². The number of carbonyl (C=O) groups excluding carboxylic acids is 16. The highest BCUT2D eigenvalue weighted by Crippen LogP contribution is 2.16. The Balaban J connectivity index is 4.36. The number of amides is 12. The molecule has 0 aromatic heterocycles. The molecule has 0 spiro atoms. The Morgan fingerprint density at radius 1 is 0.487 bits per heavy atom. The van der Waals surface area contributed by atoms with E-state index in [1.165, 1.54) is 67.2 Å². The van der Waals surface area contributed by atoms with Gasteiger partial charge in [-0.2, -0.15) is 0 Å². The predicted molar refractivity (Wildman–Crippen MR) is 407 cm³/mol. The number of aliphatic hydroxyl groups excluding tert-OH is 4. The molecule has 12 amide bonds. The van der Waals surface area contributed by atoms with Crippen molar-refractivity contribution in [3.05, 3.63) is 11.8 Å². The molecule has 0 aromatic rings. The number of carbonyl (C=O) groups is 18. The Morgan fingerprint density at radius 2 is 0.906 bits per heavy atom. The van der Waals surface area contributed by atoms with Crippen LogP contribution in [0, 0.1) is 17.8 Å². The Bertz CT molecular complexity index is 3290. The molecule has 18 N–H and O–H groups in total. The maximum Gasteiger partial charge on any atom is 0.410 e. The monoisotopic (exact) mass is 1690 g/mol. The lowest BCUT2D eigenvalue weighted by Crippen LogP contribution is -2.62. The molecular formula is C73H119ClN12O31. The molecule has 0 aliphatic carbocycles. The van der Waals surface area contributed by atoms with Crippen LogP contribution >= 0.6 is 11.6 Å². The molecule has 1 fully saturated rings. The van der Waals surface area contributed by atoms with Crippen LogP contribution in [-0.4, -0.2) is 263 Å². The number of aliphatic hydroxyl groups is 4. The van der Waals surface area contributed by atoms with Gasteiger partial charge in [-0.15, -0.1) is 11.6 Å². The molecule has 1 rings (SSSR count). The molecule has 1 aliphatic rings. The second kappa shape index (κ2) is 58.6. The third-order valence-corrected chi connectivity index (χ3v) is 17.6. The highest BCUT2D eigenvalue weighted by atomic mass is 35.5. The number of halogens is 1. The van der Waals surface area contributed by atoms with Crippen LogP contribution < -0.4 is 63.8 Å². The molecule has 0 radical (unpaired) electrons. The second-order valence-electron chi connectivity index (χ2n) is 28.2. The van der Waals surface area contributed by atoms with Crippen LogP contribution in [-0.2, 0) is 105 Å². The maximum atomic E-state index is 14.8. The number of carboxylic acid groups (broad SMARTS) is 2. The van der Waals surface area contributed by atoms with E-state index >= 15 is 0 Å². The topological polar surface area (TPSA) is 638 Å². The van der Waals surface area contributed by atoms with Crippen LogP contribution in [0.3, 0.4) is 0 Å². The number of nitrogens with one attached hydrogen (secondary N) is 12. The quantitative estimate of drug-likeness (QED) is 0.00884. The summed E-state index contributed by atoms with van der Waals surface area (Å²) in [4.78, 5) is 243. The van der Waals surface area contributed by atoms with Crippen molar-refractivity contribution in [3.63, 3.8) is 0 Å². The standard InChI is InChI=1S/C73H119ClN12O31/c1-10-12-13-14-15-16-17-18-19-20-21-22-23-26-44(88)33-52(90)78-50-36-111-70(107)55(51(89)35-74)85-65(101)56(57(93)66(102)103)86-58(94)45(11-2)79-64(100)54(43(9)87)84-61(97)48(29-32-77-73(110)117-39-114-69(106)42(7)8)81-59(95)46(27-24-25-30-75-71(108)115-37-112-67(104)40(3)4)80-62(98)49(34-53(91)92)83-60(96)47(82-63(50)99)28-31-76-72(109)116-38-113-68(105)41(5)6/h11,40-44,46-51,54-57,87-89,93H,10,12-39H2,1-9H3,(H,75,108)(H,76,109)(H,77,110)(H,78,90)(H,79,100)(H,80,98)(H,81,95)(H,82,99)(H,83,96)(H,84,97)(H,85,101)(H,86,94)(H,91,92)(H,102,103)/t43-,44+,46+,47-,48+,49+,50+,51-,54+,55+,56+,57+/m1/s1. The fourth-order valence-corrected chi connectivity index (χ4v) is 10.7. The van der Waals surface area contributed by atoms with Gasteiger partial charge in [0.25, 0.3) is 5.91 Å². The van der Waals surface area contributed by atoms with E-state index in [4.69, 9.17) is 44.8 Å². The van der Waals surface area contributed by atoms with Gasteiger partial charge in [0.15, 0.2) is 12.1 Å². The number of aliphatic carboxylic acids is 2. The summed E-state index contributed by atoms with van der Waals surface area (Å²) in [7, 11) is 0. The largest absolute Gasteiger partial charge is 0.481 e. The van der Waals surface area contributed by atoms with Gasteiger partial charge in [0.2, 0.25) is 67.6 Å². The summed E-state index contributed by atoms with van der Waals surface area (Å²) >= 11 is 5.95. The summed E-state index contributed by atoms with van der Waals surface area (Å²) in [5.74, 6) is -24.2. The smallest absolute Gasteiger partial charge is 0.410 e. The van der Waals surface area contributed by atoms with Crippen molar-refractivity contribution in [2.75, 3.05) is 52.5 Å². The fraction of sp³-hybridized carbons (Fsp3) is 0.726. The number of ether oxygens (including phenoxy) is 7. The molecule has 1 heterocycles. The van der Waals surface area contributed by atoms with E-state index in [1.54, 1.807) is 0 Å². The van der Waals surface area contributed by atoms with Crippen LogP contribution in [0.1, 0.15) is 197 Å². The van der Waals surface area contributed by atoms with Crippen LogP contribution in [0.25, 0.3) is 0 Å². The molecule has 664 valence electrons. The Morgan fingerprint density at radius 3 is 1.34 bits per heavy atom. The number of rotatable bonds is 44. The molecule has 0 unspecified atom stereocenters. The lowest BCUT2D eigenvalue weighted by atomic mass is 10.0. The molecule has 0 saturated carbocycles. The Kier molecular flexibility index (Phi) is 52.4. The number of cyclic esters (lactones) is 1. The van der Waals surface area contributed by atoms with Crippen LogP contribution in [0.15, 0.2) is 11.8 Å². The van der Waals surface area contributed by atoms with Crippen molar-refractivity contribution in [2.45, 2.75) is 270 Å². The van der Waals surface area contributed by atoms with E-state index < -0.39 is 282 Å². The molecule has 0 bridgehead atoms. The molecule has 44 heteroatoms. The van der Waals surface area contributed by atoms with Crippen molar-refractivity contribution in [2.24, 2.45) is 17.8 Å². The molecule has 1 saturated heterocycles. The summed E-state index contributed by atoms with van der Waals surface area (Å²) in [5, 5.41) is 90.2. The SMILES string of the molecule is CC=C1NC(=O)[C@H]([C@@H](C)O)NC(=O)[C@H](CCNC(=O)OCOC(=O)C(C)C)NC(=O)[C@H](CCCCNC(=O)OCOC(=O)C(C)C)NC(=O)[C@H](CC(=O)O)NC(=O)[C@@H](CCNC(=O)OCOC(=O)C(C)C)NC(=O)[C@@H](NC(=O)C[C@@H](O)CCCCCCCCCCCCCCC)COC(=O)[C@H]([C@H](O)CCl)NC(=O)[C@H]([C@H](O)C(=O)O)NC1=O. The minimum atomic E-state index is -2.96. The number of allylic oxidation sites excluding steroid dienone is 1. The summed E-state index contributed by atoms with van der Waals surface area (Å²) in [6.45, 7) is 7.53. The average Bonchev–Trinajstić information content (AvgIpc) is 0.859. The van der Waals surface area contributed by atoms with Gasteiger partial charge in [-0.25, -0.2) is 24.0 Å². The zero-order valence-corrected chi connectivity index (χ0v) is 68.3. The lowest BCUT2D eigenvalue weighted by molar-refractivity contribution is -0.156. The number of esters is 4. The van der Waals surface area contributed by atoms with E-state index in [1.807, 2.05) is 16.0 Å². The first-order valence-electron chi connectivity index (χ1n) is 38.8. The van der Waals surface area contributed by atoms with Crippen LogP contribution in [0.4, 0.5) is 14.4 Å². The number of carboxylic acids is 2. The maximum absolute atomic E-state index is 14.8. The number of alkyl carbamates (subject to hydrolysis) is 3. The summed E-state index contributed by atoms with van der Waals surface area (Å²) in [5.41, 5.74) is -0.914. The van der Waals surface area contributed by atoms with Crippen molar-refractivity contribution in [1.29, 1.82) is 0 Å². The first kappa shape index (κ1) is 105. The van der Waals surface area contributed by atoms with E-state index in [0.29, 0.717) is 12.8 Å². The zero-order chi connectivity index (χ0) is 88.3. The predicted octanol–water partition coefficient (Wildman–Crippen LogP) is -0.826. The van der Waals surface area contributed by atoms with Gasteiger partial charge in [-0.05, 0) is 52.4 Å². The van der Waals surface area contributed by atoms with Gasteiger partial charge in [-0.1, -0.05) is 138 Å². The van der Waals surface area contributed by atoms with Crippen molar-refractivity contribution in [3.8, 4) is 0 Å². The van der Waals surface area contributed by atoms with Crippen LogP contribution in [0.2, 0.25) is 0 Å². The molecule has 117 heavy (non-hydrogen) atoms. The third kappa shape index (κ3) is 44.6. The van der Waals surface area contributed by atoms with Gasteiger partial charge in [-0.3, -0.25) is 62.3 Å². The number of alkyl halides is 1. The van der Waals surface area contributed by atoms with Gasteiger partial charge < -0.3 is 128 Å². The Hall–Kier alpha value is -10.3. The Labute approximate surface area is 682 Å². The summed E-state index contributed by atoms with van der Waals surface area (Å²) < 4.78 is 34.5. The molecular weight excluding hydrogens is 1580 g/mol. The average molecular weight is 1700 g/mol. The van der Waals surface area contributed by atoms with Crippen molar-refractivity contribution in [1.82, 2.24) is 63.8 Å². The van der Waals surface area contributed by atoms with E-state index in [2.05, 4.69) is 54.8 Å². The molecule has 43 nitrogen and oxygen atoms in total. The van der Waals surface area contributed by atoms with Gasteiger partial charge in [0.1, 0.15) is 54.6 Å². The highest BCUT2D eigenvalue weighted by molar-refractivity contribution is 6.18. The molecule has 12 atom stereocenters. The number of hydrogen-bond acceptors (Lipinski definition) is 29. The normalized spacial score (nSPS) is 20.5. The molecule has 0 aromatic carbocycles. The summed E-state index contributed by atoms with van der Waals surface area (Å²) in [6, 6.07) is -18.0. The van der Waals surface area contributed by atoms with E-state index in [-0.39, 0.29) is 25.8 Å². The molecule has 1 aliphatic heterocycles.